The highest BCUT2D eigenvalue weighted by Gasteiger charge is 2.19. The molecular formula is C18H20N2O2. The highest BCUT2D eigenvalue weighted by atomic mass is 16.5. The molecule has 2 aromatic rings. The van der Waals surface area contributed by atoms with Crippen molar-refractivity contribution in [2.75, 3.05) is 13.2 Å². The van der Waals surface area contributed by atoms with Gasteiger partial charge < -0.3 is 10.1 Å². The summed E-state index contributed by atoms with van der Waals surface area (Å²) in [6, 6.07) is 12.0. The molecule has 1 atom stereocenters. The molecule has 114 valence electrons. The first-order valence-electron chi connectivity index (χ1n) is 7.67. The van der Waals surface area contributed by atoms with E-state index in [2.05, 4.69) is 16.4 Å². The van der Waals surface area contributed by atoms with Gasteiger partial charge in [-0.05, 0) is 42.2 Å². The number of aromatic nitrogens is 1. The van der Waals surface area contributed by atoms with Gasteiger partial charge in [-0.1, -0.05) is 18.2 Å². The summed E-state index contributed by atoms with van der Waals surface area (Å²) in [6.45, 7) is 1.34. The molecule has 1 N–H and O–H groups in total. The Kier molecular flexibility index (Phi) is 4.68. The van der Waals surface area contributed by atoms with Crippen molar-refractivity contribution in [2.45, 2.75) is 19.3 Å². The fourth-order valence-electron chi connectivity index (χ4n) is 2.68. The third-order valence-corrected chi connectivity index (χ3v) is 3.93. The first-order chi connectivity index (χ1) is 10.8. The summed E-state index contributed by atoms with van der Waals surface area (Å²) in [5.74, 6) is 1.42. The summed E-state index contributed by atoms with van der Waals surface area (Å²) in [5.41, 5.74) is 2.37. The summed E-state index contributed by atoms with van der Waals surface area (Å²) < 4.78 is 5.74. The van der Waals surface area contributed by atoms with Gasteiger partial charge in [-0.3, -0.25) is 9.78 Å². The Morgan fingerprint density at radius 3 is 2.91 bits per heavy atom. The minimum Gasteiger partial charge on any atom is -0.493 e. The third kappa shape index (κ3) is 3.85. The van der Waals surface area contributed by atoms with Crippen LogP contribution in [0.25, 0.3) is 0 Å². The molecule has 22 heavy (non-hydrogen) atoms. The summed E-state index contributed by atoms with van der Waals surface area (Å²) in [4.78, 5) is 15.9. The van der Waals surface area contributed by atoms with Gasteiger partial charge in [-0.25, -0.2) is 0 Å². The Labute approximate surface area is 130 Å². The zero-order chi connectivity index (χ0) is 15.2. The van der Waals surface area contributed by atoms with Crippen LogP contribution in [0.1, 0.15) is 17.5 Å². The zero-order valence-corrected chi connectivity index (χ0v) is 12.5. The first-order valence-corrected chi connectivity index (χ1v) is 7.67. The van der Waals surface area contributed by atoms with Crippen LogP contribution in [0.4, 0.5) is 0 Å². The maximum Gasteiger partial charge on any atom is 0.220 e. The molecule has 1 aliphatic heterocycles. The number of benzene rings is 1. The van der Waals surface area contributed by atoms with E-state index in [0.717, 1.165) is 24.2 Å². The Balaban J connectivity index is 1.42. The number of carbonyl (C=O) groups is 1. The monoisotopic (exact) mass is 296 g/mol. The average molecular weight is 296 g/mol. The number of rotatable bonds is 5. The largest absolute Gasteiger partial charge is 0.493 e. The quantitative estimate of drug-likeness (QED) is 0.921. The highest BCUT2D eigenvalue weighted by Crippen LogP contribution is 2.26. The van der Waals surface area contributed by atoms with Crippen molar-refractivity contribution in [1.29, 1.82) is 0 Å². The molecular weight excluding hydrogens is 276 g/mol. The van der Waals surface area contributed by atoms with Crippen molar-refractivity contribution in [3.63, 3.8) is 0 Å². The summed E-state index contributed by atoms with van der Waals surface area (Å²) >= 11 is 0. The Bertz CT molecular complexity index is 628. The number of nitrogens with zero attached hydrogens (tertiary/aromatic N) is 1. The van der Waals surface area contributed by atoms with Gasteiger partial charge in [0.15, 0.2) is 0 Å². The molecule has 0 saturated heterocycles. The molecule has 0 fully saturated rings. The molecule has 4 nitrogen and oxygen atoms in total. The number of fused-ring (bicyclic) bond motifs is 1. The van der Waals surface area contributed by atoms with Crippen LogP contribution < -0.4 is 10.1 Å². The number of pyridine rings is 1. The molecule has 1 aromatic heterocycles. The van der Waals surface area contributed by atoms with E-state index in [4.69, 9.17) is 4.74 Å². The second-order valence-corrected chi connectivity index (χ2v) is 5.65. The molecule has 4 heteroatoms. The third-order valence-electron chi connectivity index (χ3n) is 3.93. The van der Waals surface area contributed by atoms with Crippen molar-refractivity contribution in [2.24, 2.45) is 5.92 Å². The molecule has 3 rings (SSSR count). The van der Waals surface area contributed by atoms with E-state index in [-0.39, 0.29) is 5.91 Å². The van der Waals surface area contributed by atoms with Gasteiger partial charge >= 0.3 is 0 Å². The molecule has 2 heterocycles. The number of carbonyl (C=O) groups excluding carboxylic acids is 1. The molecule has 0 saturated carbocycles. The number of hydrogen-bond donors (Lipinski definition) is 1. The molecule has 0 spiro atoms. The lowest BCUT2D eigenvalue weighted by molar-refractivity contribution is -0.121. The van der Waals surface area contributed by atoms with E-state index in [0.29, 0.717) is 25.5 Å². The molecule has 0 bridgehead atoms. The molecule has 0 aliphatic carbocycles. The van der Waals surface area contributed by atoms with Gasteiger partial charge in [-0.15, -0.1) is 0 Å². The van der Waals surface area contributed by atoms with Crippen molar-refractivity contribution in [3.05, 3.63) is 59.9 Å². The van der Waals surface area contributed by atoms with Gasteiger partial charge in [0.25, 0.3) is 0 Å². The van der Waals surface area contributed by atoms with Gasteiger partial charge in [0, 0.05) is 31.3 Å². The number of ether oxygens (including phenoxy) is 1. The summed E-state index contributed by atoms with van der Waals surface area (Å²) in [7, 11) is 0. The molecule has 1 amide bonds. The van der Waals surface area contributed by atoms with E-state index < -0.39 is 0 Å². The molecule has 1 aliphatic rings. The molecule has 0 unspecified atom stereocenters. The number of amides is 1. The molecule has 0 radical (unpaired) electrons. The minimum absolute atomic E-state index is 0.0932. The van der Waals surface area contributed by atoms with Gasteiger partial charge in [0.05, 0.1) is 6.61 Å². The van der Waals surface area contributed by atoms with Crippen LogP contribution in [-0.4, -0.2) is 24.0 Å². The van der Waals surface area contributed by atoms with Gasteiger partial charge in [0.1, 0.15) is 5.75 Å². The van der Waals surface area contributed by atoms with E-state index in [1.54, 1.807) is 12.4 Å². The predicted octanol–water partition coefficient (Wildman–Crippen LogP) is 2.38. The van der Waals surface area contributed by atoms with E-state index in [9.17, 15) is 4.79 Å². The van der Waals surface area contributed by atoms with Crippen molar-refractivity contribution < 1.29 is 9.53 Å². The maximum atomic E-state index is 11.9. The maximum absolute atomic E-state index is 11.9. The van der Waals surface area contributed by atoms with Gasteiger partial charge in [0.2, 0.25) is 5.91 Å². The minimum atomic E-state index is 0.0932. The van der Waals surface area contributed by atoms with Crippen LogP contribution in [0.2, 0.25) is 0 Å². The lowest BCUT2D eigenvalue weighted by atomic mass is 9.96. The smallest absolute Gasteiger partial charge is 0.220 e. The van der Waals surface area contributed by atoms with Crippen molar-refractivity contribution in [3.8, 4) is 5.75 Å². The van der Waals surface area contributed by atoms with Crippen LogP contribution in [0.5, 0.6) is 5.75 Å². The summed E-state index contributed by atoms with van der Waals surface area (Å²) in [5, 5.41) is 3.02. The van der Waals surface area contributed by atoms with E-state index in [1.165, 1.54) is 5.56 Å². The lowest BCUT2D eigenvalue weighted by Crippen LogP contribution is -2.34. The fraction of sp³-hybridized carbons (Fsp3) is 0.333. The Morgan fingerprint density at radius 1 is 1.23 bits per heavy atom. The summed E-state index contributed by atoms with van der Waals surface area (Å²) in [6.07, 6.45) is 5.72. The standard InChI is InChI=1S/C18H20N2O2/c21-18(6-5-14-7-9-19-10-8-14)20-12-15-11-16-3-1-2-4-17(16)22-13-15/h1-4,7-10,15H,5-6,11-13H2,(H,20,21)/t15-/m1/s1. The molecule has 1 aromatic carbocycles. The highest BCUT2D eigenvalue weighted by molar-refractivity contribution is 5.76. The van der Waals surface area contributed by atoms with Crippen LogP contribution >= 0.6 is 0 Å². The van der Waals surface area contributed by atoms with E-state index >= 15 is 0 Å². The normalized spacial score (nSPS) is 16.5. The van der Waals surface area contributed by atoms with Gasteiger partial charge in [-0.2, -0.15) is 0 Å². The number of hydrogen-bond acceptors (Lipinski definition) is 3. The topological polar surface area (TPSA) is 51.2 Å². The second-order valence-electron chi connectivity index (χ2n) is 5.65. The Morgan fingerprint density at radius 2 is 2.05 bits per heavy atom. The van der Waals surface area contributed by atoms with Crippen LogP contribution in [0.3, 0.4) is 0 Å². The zero-order valence-electron chi connectivity index (χ0n) is 12.5. The first kappa shape index (κ1) is 14.6. The van der Waals surface area contributed by atoms with Crippen molar-refractivity contribution in [1.82, 2.24) is 10.3 Å². The number of aryl methyl sites for hydroxylation is 1. The SMILES string of the molecule is O=C(CCc1ccncc1)NC[C@@H]1COc2ccccc2C1. The number of nitrogens with one attached hydrogen (secondary N) is 1. The van der Waals surface area contributed by atoms with E-state index in [1.807, 2.05) is 30.3 Å². The average Bonchev–Trinajstić information content (AvgIpc) is 2.59. The van der Waals surface area contributed by atoms with Crippen molar-refractivity contribution >= 4 is 5.91 Å². The Hall–Kier alpha value is -2.36. The van der Waals surface area contributed by atoms with Crippen LogP contribution in [0, 0.1) is 5.92 Å². The fourth-order valence-corrected chi connectivity index (χ4v) is 2.68. The second kappa shape index (κ2) is 7.07. The lowest BCUT2D eigenvalue weighted by Gasteiger charge is -2.25. The number of para-hydroxylation sites is 1. The predicted molar refractivity (Wildman–Crippen MR) is 84.7 cm³/mol. The van der Waals surface area contributed by atoms with Crippen LogP contribution in [0.15, 0.2) is 48.8 Å². The van der Waals surface area contributed by atoms with Crippen LogP contribution in [-0.2, 0) is 17.6 Å².